The van der Waals surface area contributed by atoms with Gasteiger partial charge in [0.05, 0.1) is 0 Å². The number of nitrogens with one attached hydrogen (secondary N) is 2. The van der Waals surface area contributed by atoms with Crippen molar-refractivity contribution in [2.75, 3.05) is 0 Å². The first-order valence-corrected chi connectivity index (χ1v) is 5.71. The van der Waals surface area contributed by atoms with Gasteiger partial charge in [0, 0.05) is 5.92 Å². The molecule has 1 saturated carbocycles. The van der Waals surface area contributed by atoms with E-state index in [1.165, 1.54) is 16.7 Å². The molecule has 0 aromatic heterocycles. The lowest BCUT2D eigenvalue weighted by molar-refractivity contribution is -0.121. The summed E-state index contributed by atoms with van der Waals surface area (Å²) in [7, 11) is 0. The minimum atomic E-state index is -0.276. The molecular weight excluding hydrogens is 214 g/mol. The smallest absolute Gasteiger partial charge is 0.230 e. The Morgan fingerprint density at radius 1 is 1.47 bits per heavy atom. The van der Waals surface area contributed by atoms with Gasteiger partial charge < -0.3 is 5.73 Å². The number of carbonyl (C=O) groups is 1. The van der Waals surface area contributed by atoms with Crippen LogP contribution in [0.2, 0.25) is 0 Å². The number of aryl methyl sites for hydroxylation is 2. The molecule has 1 aromatic rings. The Kier molecular flexibility index (Phi) is 2.88. The molecule has 2 rings (SSSR count). The van der Waals surface area contributed by atoms with Crippen LogP contribution in [0.4, 0.5) is 0 Å². The van der Waals surface area contributed by atoms with Crippen molar-refractivity contribution in [1.82, 2.24) is 5.32 Å². The van der Waals surface area contributed by atoms with Gasteiger partial charge in [-0.1, -0.05) is 23.8 Å². The third kappa shape index (κ3) is 2.46. The van der Waals surface area contributed by atoms with E-state index in [0.717, 1.165) is 6.42 Å². The van der Waals surface area contributed by atoms with E-state index in [-0.39, 0.29) is 23.7 Å². The van der Waals surface area contributed by atoms with Crippen molar-refractivity contribution < 1.29 is 4.79 Å². The summed E-state index contributed by atoms with van der Waals surface area (Å²) in [6, 6.07) is 6.30. The fourth-order valence-electron chi connectivity index (χ4n) is 2.21. The van der Waals surface area contributed by atoms with Gasteiger partial charge in [-0.3, -0.25) is 15.5 Å². The Bertz CT molecular complexity index is 482. The maximum atomic E-state index is 11.7. The number of benzene rings is 1. The third-order valence-electron chi connectivity index (χ3n) is 3.22. The first kappa shape index (κ1) is 11.6. The van der Waals surface area contributed by atoms with E-state index in [9.17, 15) is 4.79 Å². The number of rotatable bonds is 2. The van der Waals surface area contributed by atoms with E-state index in [2.05, 4.69) is 37.4 Å². The van der Waals surface area contributed by atoms with Crippen LogP contribution in [0.3, 0.4) is 0 Å². The monoisotopic (exact) mass is 231 g/mol. The van der Waals surface area contributed by atoms with E-state index in [4.69, 9.17) is 11.1 Å². The Morgan fingerprint density at radius 3 is 2.82 bits per heavy atom. The molecule has 4 N–H and O–H groups in total. The van der Waals surface area contributed by atoms with Crippen molar-refractivity contribution in [3.05, 3.63) is 34.9 Å². The van der Waals surface area contributed by atoms with Gasteiger partial charge in [-0.25, -0.2) is 0 Å². The van der Waals surface area contributed by atoms with Crippen LogP contribution in [0.15, 0.2) is 18.2 Å². The molecule has 2 unspecified atom stereocenters. The van der Waals surface area contributed by atoms with Gasteiger partial charge in [-0.05, 0) is 37.3 Å². The molecule has 1 aliphatic carbocycles. The molecule has 1 amide bonds. The van der Waals surface area contributed by atoms with E-state index in [1.807, 2.05) is 0 Å². The molecule has 1 fully saturated rings. The van der Waals surface area contributed by atoms with Crippen molar-refractivity contribution in [3.8, 4) is 0 Å². The van der Waals surface area contributed by atoms with Crippen LogP contribution < -0.4 is 11.1 Å². The largest absolute Gasteiger partial charge is 0.370 e. The Balaban J connectivity index is 2.10. The highest BCUT2D eigenvalue weighted by Crippen LogP contribution is 2.48. The predicted octanol–water partition coefficient (Wildman–Crippen LogP) is 1.42. The molecule has 1 aliphatic rings. The number of guanidine groups is 1. The van der Waals surface area contributed by atoms with Crippen LogP contribution in [-0.4, -0.2) is 11.9 Å². The fraction of sp³-hybridized carbons (Fsp3) is 0.385. The molecular formula is C13H17N3O. The Labute approximate surface area is 101 Å². The number of amides is 1. The zero-order valence-electron chi connectivity index (χ0n) is 10.1. The predicted molar refractivity (Wildman–Crippen MR) is 66.8 cm³/mol. The summed E-state index contributed by atoms with van der Waals surface area (Å²) in [5.74, 6) is -0.154. The van der Waals surface area contributed by atoms with Gasteiger partial charge in [-0.2, -0.15) is 0 Å². The highest BCUT2D eigenvalue weighted by atomic mass is 16.2. The van der Waals surface area contributed by atoms with Crippen molar-refractivity contribution in [1.29, 1.82) is 5.41 Å². The molecule has 0 radical (unpaired) electrons. The summed E-state index contributed by atoms with van der Waals surface area (Å²) in [5.41, 5.74) is 8.82. The van der Waals surface area contributed by atoms with E-state index in [1.54, 1.807) is 0 Å². The van der Waals surface area contributed by atoms with E-state index in [0.29, 0.717) is 0 Å². The molecule has 1 aromatic carbocycles. The maximum Gasteiger partial charge on any atom is 0.230 e. The minimum absolute atomic E-state index is 0.0283. The van der Waals surface area contributed by atoms with Crippen molar-refractivity contribution in [2.24, 2.45) is 11.7 Å². The highest BCUT2D eigenvalue weighted by Gasteiger charge is 2.44. The lowest BCUT2D eigenvalue weighted by Gasteiger charge is -2.06. The summed E-state index contributed by atoms with van der Waals surface area (Å²) in [6.07, 6.45) is 0.851. The van der Waals surface area contributed by atoms with Gasteiger partial charge in [0.25, 0.3) is 0 Å². The lowest BCUT2D eigenvalue weighted by atomic mass is 10.0. The average Bonchev–Trinajstić information content (AvgIpc) is 3.00. The summed E-state index contributed by atoms with van der Waals surface area (Å²) in [6.45, 7) is 4.11. The quantitative estimate of drug-likeness (QED) is 0.531. The number of hydrogen-bond acceptors (Lipinski definition) is 2. The van der Waals surface area contributed by atoms with Gasteiger partial charge in [0.1, 0.15) is 0 Å². The van der Waals surface area contributed by atoms with Gasteiger partial charge >= 0.3 is 0 Å². The molecule has 0 heterocycles. The summed E-state index contributed by atoms with van der Waals surface area (Å²) in [5, 5.41) is 9.40. The molecule has 0 spiro atoms. The van der Waals surface area contributed by atoms with Gasteiger partial charge in [0.2, 0.25) is 5.91 Å². The molecule has 2 atom stereocenters. The number of nitrogens with two attached hydrogens (primary N) is 1. The van der Waals surface area contributed by atoms with Crippen LogP contribution in [0.25, 0.3) is 0 Å². The Hall–Kier alpha value is -1.84. The van der Waals surface area contributed by atoms with Crippen molar-refractivity contribution in [3.63, 3.8) is 0 Å². The maximum absolute atomic E-state index is 11.7. The zero-order chi connectivity index (χ0) is 12.6. The normalized spacial score (nSPS) is 22.0. The average molecular weight is 231 g/mol. The zero-order valence-corrected chi connectivity index (χ0v) is 10.1. The van der Waals surface area contributed by atoms with Crippen LogP contribution >= 0.6 is 0 Å². The lowest BCUT2D eigenvalue weighted by Crippen LogP contribution is -2.36. The summed E-state index contributed by atoms with van der Waals surface area (Å²) in [4.78, 5) is 11.7. The molecule has 4 heteroatoms. The first-order chi connectivity index (χ1) is 7.99. The van der Waals surface area contributed by atoms with Gasteiger partial charge in [-0.15, -0.1) is 0 Å². The van der Waals surface area contributed by atoms with Crippen LogP contribution in [0, 0.1) is 25.2 Å². The van der Waals surface area contributed by atoms with Crippen molar-refractivity contribution >= 4 is 11.9 Å². The molecule has 0 aliphatic heterocycles. The molecule has 0 bridgehead atoms. The number of hydrogen-bond donors (Lipinski definition) is 3. The second-order valence-corrected chi connectivity index (χ2v) is 4.71. The number of carbonyl (C=O) groups excluding carboxylic acids is 1. The van der Waals surface area contributed by atoms with Crippen LogP contribution in [0.5, 0.6) is 0 Å². The Morgan fingerprint density at radius 2 is 2.18 bits per heavy atom. The first-order valence-electron chi connectivity index (χ1n) is 5.71. The fourth-order valence-corrected chi connectivity index (χ4v) is 2.21. The van der Waals surface area contributed by atoms with E-state index < -0.39 is 0 Å². The SMILES string of the molecule is Cc1ccc(C)c(C2CC2C(=O)NC(=N)N)c1. The van der Waals surface area contributed by atoms with Crippen LogP contribution in [-0.2, 0) is 4.79 Å². The highest BCUT2D eigenvalue weighted by molar-refractivity contribution is 5.97. The second-order valence-electron chi connectivity index (χ2n) is 4.71. The molecule has 90 valence electrons. The van der Waals surface area contributed by atoms with Crippen molar-refractivity contribution in [2.45, 2.75) is 26.2 Å². The third-order valence-corrected chi connectivity index (χ3v) is 3.22. The van der Waals surface area contributed by atoms with Gasteiger partial charge in [0.15, 0.2) is 5.96 Å². The molecule has 0 saturated heterocycles. The van der Waals surface area contributed by atoms with E-state index >= 15 is 0 Å². The molecule has 4 nitrogen and oxygen atoms in total. The molecule has 17 heavy (non-hydrogen) atoms. The van der Waals surface area contributed by atoms with Crippen LogP contribution in [0.1, 0.15) is 29.0 Å². The standard InChI is InChI=1S/C13H17N3O/c1-7-3-4-8(2)9(5-7)10-6-11(10)12(17)16-13(14)15/h3-5,10-11H,6H2,1-2H3,(H4,14,15,16,17). The second kappa shape index (κ2) is 4.20. The summed E-state index contributed by atoms with van der Waals surface area (Å²) < 4.78 is 0. The minimum Gasteiger partial charge on any atom is -0.370 e. The topological polar surface area (TPSA) is 79.0 Å². The summed E-state index contributed by atoms with van der Waals surface area (Å²) >= 11 is 0.